The summed E-state index contributed by atoms with van der Waals surface area (Å²) in [4.78, 5) is 8.00. The molecule has 1 atom stereocenters. The number of hydrogen-bond acceptors (Lipinski definition) is 3. The van der Waals surface area contributed by atoms with Crippen molar-refractivity contribution in [3.8, 4) is 0 Å². The minimum atomic E-state index is 0. The Morgan fingerprint density at radius 2 is 2.14 bits per heavy atom. The van der Waals surface area contributed by atoms with E-state index in [0.29, 0.717) is 6.04 Å². The highest BCUT2D eigenvalue weighted by atomic mass is 127. The van der Waals surface area contributed by atoms with E-state index in [0.717, 1.165) is 25.0 Å². The van der Waals surface area contributed by atoms with Gasteiger partial charge in [-0.2, -0.15) is 0 Å². The number of thiophene rings is 1. The molecule has 1 saturated carbocycles. The zero-order valence-electron chi connectivity index (χ0n) is 13.3. The van der Waals surface area contributed by atoms with Crippen LogP contribution in [0.2, 0.25) is 0 Å². The zero-order valence-corrected chi connectivity index (χ0v) is 16.5. The van der Waals surface area contributed by atoms with Gasteiger partial charge in [-0.3, -0.25) is 4.99 Å². The van der Waals surface area contributed by atoms with Gasteiger partial charge in [0.15, 0.2) is 5.96 Å². The van der Waals surface area contributed by atoms with E-state index in [4.69, 9.17) is 0 Å². The summed E-state index contributed by atoms with van der Waals surface area (Å²) in [5, 5.41) is 8.99. The number of halogens is 1. The Hall–Kier alpha value is -0.340. The van der Waals surface area contributed by atoms with Crippen LogP contribution in [0.1, 0.15) is 23.3 Å². The molecule has 1 heterocycles. The van der Waals surface area contributed by atoms with Crippen LogP contribution in [-0.2, 0) is 6.54 Å². The lowest BCUT2D eigenvalue weighted by atomic mass is 10.1. The van der Waals surface area contributed by atoms with Crippen LogP contribution in [0.5, 0.6) is 0 Å². The van der Waals surface area contributed by atoms with Crippen LogP contribution in [0.25, 0.3) is 0 Å². The molecule has 1 aromatic rings. The van der Waals surface area contributed by atoms with Crippen molar-refractivity contribution in [3.05, 3.63) is 21.9 Å². The van der Waals surface area contributed by atoms with Gasteiger partial charge in [-0.25, -0.2) is 0 Å². The summed E-state index contributed by atoms with van der Waals surface area (Å²) in [5.74, 6) is 1.75. The smallest absolute Gasteiger partial charge is 0.191 e. The Labute approximate surface area is 149 Å². The first-order valence-electron chi connectivity index (χ1n) is 7.25. The molecule has 0 amide bonds. The van der Waals surface area contributed by atoms with Gasteiger partial charge in [-0.05, 0) is 56.8 Å². The SMILES string of the molecule is CN=C(NCc1sccc1C)NCC(C1CC1)N(C)C.I. The third kappa shape index (κ3) is 5.75. The highest BCUT2D eigenvalue weighted by Crippen LogP contribution is 2.34. The Bertz CT molecular complexity index is 452. The third-order valence-electron chi connectivity index (χ3n) is 3.92. The van der Waals surface area contributed by atoms with E-state index in [2.05, 4.69) is 53.0 Å². The summed E-state index contributed by atoms with van der Waals surface area (Å²) in [7, 11) is 6.16. The number of nitrogens with one attached hydrogen (secondary N) is 2. The molecule has 0 radical (unpaired) electrons. The van der Waals surface area contributed by atoms with Crippen molar-refractivity contribution in [2.24, 2.45) is 10.9 Å². The summed E-state index contributed by atoms with van der Waals surface area (Å²) in [5.41, 5.74) is 1.35. The Balaban J connectivity index is 0.00000220. The molecule has 120 valence electrons. The minimum absolute atomic E-state index is 0. The van der Waals surface area contributed by atoms with Crippen molar-refractivity contribution in [3.63, 3.8) is 0 Å². The van der Waals surface area contributed by atoms with E-state index >= 15 is 0 Å². The maximum absolute atomic E-state index is 4.31. The minimum Gasteiger partial charge on any atom is -0.355 e. The molecular formula is C15H27IN4S. The summed E-state index contributed by atoms with van der Waals surface area (Å²) < 4.78 is 0. The molecule has 0 spiro atoms. The first kappa shape index (κ1) is 18.7. The van der Waals surface area contributed by atoms with Gasteiger partial charge in [0.1, 0.15) is 0 Å². The fourth-order valence-electron chi connectivity index (χ4n) is 2.42. The summed E-state index contributed by atoms with van der Waals surface area (Å²) in [6, 6.07) is 2.77. The molecule has 0 bridgehead atoms. The predicted molar refractivity (Wildman–Crippen MR) is 103 cm³/mol. The lowest BCUT2D eigenvalue weighted by Crippen LogP contribution is -2.45. The molecule has 1 aromatic heterocycles. The first-order chi connectivity index (χ1) is 9.61. The summed E-state index contributed by atoms with van der Waals surface area (Å²) >= 11 is 1.79. The van der Waals surface area contributed by atoms with Gasteiger partial charge in [0, 0.05) is 24.5 Å². The van der Waals surface area contributed by atoms with Crippen LogP contribution in [-0.4, -0.2) is 44.6 Å². The summed E-state index contributed by atoms with van der Waals surface area (Å²) in [6.07, 6.45) is 2.73. The van der Waals surface area contributed by atoms with Crippen LogP contribution in [0, 0.1) is 12.8 Å². The zero-order chi connectivity index (χ0) is 14.5. The lowest BCUT2D eigenvalue weighted by molar-refractivity contribution is 0.264. The number of aliphatic imine (C=N–C) groups is 1. The van der Waals surface area contributed by atoms with Crippen LogP contribution < -0.4 is 10.6 Å². The van der Waals surface area contributed by atoms with E-state index in [1.807, 2.05) is 7.05 Å². The van der Waals surface area contributed by atoms with Crippen molar-refractivity contribution in [2.75, 3.05) is 27.7 Å². The van der Waals surface area contributed by atoms with Crippen LogP contribution in [0.15, 0.2) is 16.4 Å². The van der Waals surface area contributed by atoms with Crippen LogP contribution in [0.3, 0.4) is 0 Å². The van der Waals surface area contributed by atoms with Gasteiger partial charge in [-0.15, -0.1) is 35.3 Å². The van der Waals surface area contributed by atoms with E-state index < -0.39 is 0 Å². The Morgan fingerprint density at radius 1 is 1.43 bits per heavy atom. The number of hydrogen-bond donors (Lipinski definition) is 2. The maximum atomic E-state index is 4.31. The van der Waals surface area contributed by atoms with Gasteiger partial charge < -0.3 is 15.5 Å². The van der Waals surface area contributed by atoms with E-state index in [1.165, 1.54) is 23.3 Å². The molecule has 21 heavy (non-hydrogen) atoms. The molecule has 0 saturated heterocycles. The average Bonchev–Trinajstić information content (AvgIpc) is 3.16. The molecule has 2 N–H and O–H groups in total. The normalized spacial score (nSPS) is 16.5. The molecule has 0 aromatic carbocycles. The molecular weight excluding hydrogens is 395 g/mol. The summed E-state index contributed by atoms with van der Waals surface area (Å²) in [6.45, 7) is 3.96. The molecule has 2 rings (SSSR count). The fraction of sp³-hybridized carbons (Fsp3) is 0.667. The number of guanidine groups is 1. The maximum Gasteiger partial charge on any atom is 0.191 e. The largest absolute Gasteiger partial charge is 0.355 e. The second-order valence-electron chi connectivity index (χ2n) is 5.70. The van der Waals surface area contributed by atoms with E-state index in [-0.39, 0.29) is 24.0 Å². The van der Waals surface area contributed by atoms with E-state index in [9.17, 15) is 0 Å². The molecule has 0 aliphatic heterocycles. The Kier molecular flexibility index (Phi) is 7.97. The number of aryl methyl sites for hydroxylation is 1. The molecule has 1 aliphatic carbocycles. The van der Waals surface area contributed by atoms with Gasteiger partial charge in [0.05, 0.1) is 6.54 Å². The first-order valence-corrected chi connectivity index (χ1v) is 8.13. The molecule has 4 nitrogen and oxygen atoms in total. The highest BCUT2D eigenvalue weighted by molar-refractivity contribution is 14.0. The predicted octanol–water partition coefficient (Wildman–Crippen LogP) is 2.68. The van der Waals surface area contributed by atoms with Gasteiger partial charge in [0.25, 0.3) is 0 Å². The van der Waals surface area contributed by atoms with Crippen molar-refractivity contribution < 1.29 is 0 Å². The van der Waals surface area contributed by atoms with Crippen molar-refractivity contribution in [1.29, 1.82) is 0 Å². The average molecular weight is 422 g/mol. The fourth-order valence-corrected chi connectivity index (χ4v) is 3.27. The number of rotatable bonds is 6. The van der Waals surface area contributed by atoms with Crippen molar-refractivity contribution >= 4 is 41.3 Å². The second kappa shape index (κ2) is 8.95. The number of nitrogens with zero attached hydrogens (tertiary/aromatic N) is 2. The van der Waals surface area contributed by atoms with E-state index in [1.54, 1.807) is 11.3 Å². The van der Waals surface area contributed by atoms with Gasteiger partial charge >= 0.3 is 0 Å². The van der Waals surface area contributed by atoms with Crippen LogP contribution in [0.4, 0.5) is 0 Å². The van der Waals surface area contributed by atoms with Crippen LogP contribution >= 0.6 is 35.3 Å². The monoisotopic (exact) mass is 422 g/mol. The topological polar surface area (TPSA) is 39.7 Å². The van der Waals surface area contributed by atoms with Gasteiger partial charge in [0.2, 0.25) is 0 Å². The standard InChI is InChI=1S/C15H26N4S.HI/c1-11-7-8-20-14(11)10-18-15(16-2)17-9-13(19(3)4)12-5-6-12;/h7-8,12-13H,5-6,9-10H2,1-4H3,(H2,16,17,18);1H. The second-order valence-corrected chi connectivity index (χ2v) is 6.70. The molecule has 1 unspecified atom stereocenters. The Morgan fingerprint density at radius 3 is 2.62 bits per heavy atom. The van der Waals surface area contributed by atoms with Gasteiger partial charge in [-0.1, -0.05) is 0 Å². The molecule has 1 fully saturated rings. The third-order valence-corrected chi connectivity index (χ3v) is 4.94. The molecule has 1 aliphatic rings. The number of likely N-dealkylation sites (N-methyl/N-ethyl adjacent to an activating group) is 1. The van der Waals surface area contributed by atoms with Crippen molar-refractivity contribution in [2.45, 2.75) is 32.4 Å². The van der Waals surface area contributed by atoms with Crippen molar-refractivity contribution in [1.82, 2.24) is 15.5 Å². The highest BCUT2D eigenvalue weighted by Gasteiger charge is 2.32. The quantitative estimate of drug-likeness (QED) is 0.421. The lowest BCUT2D eigenvalue weighted by Gasteiger charge is -2.25. The molecule has 6 heteroatoms.